The summed E-state index contributed by atoms with van der Waals surface area (Å²) in [6, 6.07) is 10.3. The van der Waals surface area contributed by atoms with Gasteiger partial charge in [0.2, 0.25) is 0 Å². The molecule has 1 aromatic carbocycles. The Hall–Kier alpha value is -0.830. The molecule has 1 aromatic rings. The topological polar surface area (TPSA) is 70.6 Å². The molecular formula is C16H28IN3O2S. The van der Waals surface area contributed by atoms with Gasteiger partial charge in [-0.15, -0.1) is 24.0 Å². The van der Waals surface area contributed by atoms with Crippen LogP contribution < -0.4 is 10.6 Å². The smallest absolute Gasteiger partial charge is 0.191 e. The number of benzene rings is 1. The zero-order valence-electron chi connectivity index (χ0n) is 14.3. The molecule has 0 aliphatic heterocycles. The summed E-state index contributed by atoms with van der Waals surface area (Å²) in [4.78, 5) is 4.12. The van der Waals surface area contributed by atoms with Crippen LogP contribution in [0.1, 0.15) is 25.8 Å². The number of halogens is 1. The average molecular weight is 453 g/mol. The van der Waals surface area contributed by atoms with Gasteiger partial charge in [-0.05, 0) is 32.3 Å². The van der Waals surface area contributed by atoms with E-state index >= 15 is 0 Å². The van der Waals surface area contributed by atoms with Crippen LogP contribution in [0.4, 0.5) is 0 Å². The van der Waals surface area contributed by atoms with Gasteiger partial charge in [0.1, 0.15) is 0 Å². The minimum atomic E-state index is -3.11. The largest absolute Gasteiger partial charge is 0.356 e. The van der Waals surface area contributed by atoms with Crippen molar-refractivity contribution in [2.75, 3.05) is 26.4 Å². The van der Waals surface area contributed by atoms with Crippen LogP contribution in [0.25, 0.3) is 0 Å². The van der Waals surface area contributed by atoms with Crippen molar-refractivity contribution < 1.29 is 8.42 Å². The van der Waals surface area contributed by atoms with Crippen LogP contribution in [0, 0.1) is 0 Å². The molecule has 0 saturated carbocycles. The third-order valence-electron chi connectivity index (χ3n) is 3.69. The van der Waals surface area contributed by atoms with Gasteiger partial charge in [-0.2, -0.15) is 0 Å². The van der Waals surface area contributed by atoms with Crippen LogP contribution in [0.5, 0.6) is 0 Å². The summed E-state index contributed by atoms with van der Waals surface area (Å²) in [5, 5.41) is 6.28. The maximum atomic E-state index is 11.7. The van der Waals surface area contributed by atoms with Gasteiger partial charge < -0.3 is 10.6 Å². The summed E-state index contributed by atoms with van der Waals surface area (Å²) in [6.07, 6.45) is 3.24. The molecule has 0 aromatic heterocycles. The van der Waals surface area contributed by atoms with Crippen molar-refractivity contribution in [3.8, 4) is 0 Å². The van der Waals surface area contributed by atoms with Gasteiger partial charge in [0, 0.05) is 26.4 Å². The van der Waals surface area contributed by atoms with Gasteiger partial charge in [0.15, 0.2) is 15.8 Å². The van der Waals surface area contributed by atoms with E-state index in [0.29, 0.717) is 12.5 Å². The molecule has 0 aliphatic rings. The molecule has 0 aliphatic carbocycles. The first-order valence-electron chi connectivity index (χ1n) is 7.44. The predicted molar refractivity (Wildman–Crippen MR) is 108 cm³/mol. The molecule has 0 radical (unpaired) electrons. The van der Waals surface area contributed by atoms with Crippen molar-refractivity contribution in [1.82, 2.24) is 10.6 Å². The van der Waals surface area contributed by atoms with Crippen LogP contribution in [0.2, 0.25) is 0 Å². The molecule has 0 saturated heterocycles. The zero-order valence-corrected chi connectivity index (χ0v) is 17.4. The van der Waals surface area contributed by atoms with Crippen molar-refractivity contribution in [2.24, 2.45) is 4.99 Å². The first-order valence-corrected chi connectivity index (χ1v) is 9.33. The van der Waals surface area contributed by atoms with Gasteiger partial charge in [0.25, 0.3) is 0 Å². The Morgan fingerprint density at radius 2 is 1.78 bits per heavy atom. The number of aryl methyl sites for hydroxylation is 1. The van der Waals surface area contributed by atoms with E-state index in [1.165, 1.54) is 11.8 Å². The highest BCUT2D eigenvalue weighted by Crippen LogP contribution is 2.13. The molecule has 7 heteroatoms. The van der Waals surface area contributed by atoms with E-state index in [9.17, 15) is 8.42 Å². The Labute approximate surface area is 157 Å². The highest BCUT2D eigenvalue weighted by Gasteiger charge is 2.30. The van der Waals surface area contributed by atoms with E-state index in [0.717, 1.165) is 19.4 Å². The monoisotopic (exact) mass is 453 g/mol. The third-order valence-corrected chi connectivity index (χ3v) is 5.84. The Kier molecular flexibility index (Phi) is 9.76. The summed E-state index contributed by atoms with van der Waals surface area (Å²) in [6.45, 7) is 4.52. The van der Waals surface area contributed by atoms with Crippen LogP contribution in [-0.2, 0) is 16.3 Å². The van der Waals surface area contributed by atoms with E-state index in [2.05, 4.69) is 27.8 Å². The van der Waals surface area contributed by atoms with Crippen LogP contribution >= 0.6 is 24.0 Å². The average Bonchev–Trinajstić information content (AvgIpc) is 2.46. The molecule has 2 N–H and O–H groups in total. The summed E-state index contributed by atoms with van der Waals surface area (Å²) < 4.78 is 22.5. The van der Waals surface area contributed by atoms with Crippen molar-refractivity contribution in [1.29, 1.82) is 0 Å². The number of nitrogens with one attached hydrogen (secondary N) is 2. The number of nitrogens with zero attached hydrogens (tertiary/aromatic N) is 1. The lowest BCUT2D eigenvalue weighted by Crippen LogP contribution is -2.47. The minimum Gasteiger partial charge on any atom is -0.356 e. The number of hydrogen-bond acceptors (Lipinski definition) is 3. The van der Waals surface area contributed by atoms with E-state index in [1.54, 1.807) is 20.9 Å². The quantitative estimate of drug-likeness (QED) is 0.288. The van der Waals surface area contributed by atoms with Crippen LogP contribution in [0.15, 0.2) is 35.3 Å². The van der Waals surface area contributed by atoms with Crippen molar-refractivity contribution in [3.05, 3.63) is 35.9 Å². The van der Waals surface area contributed by atoms with E-state index in [4.69, 9.17) is 0 Å². The first-order chi connectivity index (χ1) is 10.3. The Morgan fingerprint density at radius 3 is 2.30 bits per heavy atom. The summed E-state index contributed by atoms with van der Waals surface area (Å²) in [5.74, 6) is 0.629. The molecule has 132 valence electrons. The maximum Gasteiger partial charge on any atom is 0.191 e. The first kappa shape index (κ1) is 22.2. The summed E-state index contributed by atoms with van der Waals surface area (Å²) >= 11 is 0. The normalized spacial score (nSPS) is 12.4. The fourth-order valence-electron chi connectivity index (χ4n) is 1.79. The molecule has 0 heterocycles. The van der Waals surface area contributed by atoms with E-state index < -0.39 is 14.6 Å². The van der Waals surface area contributed by atoms with Gasteiger partial charge in [0.05, 0.1) is 4.75 Å². The molecule has 0 fully saturated rings. The molecule has 0 unspecified atom stereocenters. The highest BCUT2D eigenvalue weighted by atomic mass is 127. The Balaban J connectivity index is 0.00000484. The number of aliphatic imine (C=N–C) groups is 1. The highest BCUT2D eigenvalue weighted by molar-refractivity contribution is 14.0. The minimum absolute atomic E-state index is 0. The molecule has 0 spiro atoms. The van der Waals surface area contributed by atoms with Crippen LogP contribution in [0.3, 0.4) is 0 Å². The second kappa shape index (κ2) is 10.1. The number of sulfone groups is 1. The SMILES string of the molecule is CN=C(NCCCc1ccccc1)NCC(C)(C)S(C)(=O)=O.I. The lowest BCUT2D eigenvalue weighted by molar-refractivity contribution is 0.544. The standard InChI is InChI=1S/C16H27N3O2S.HI/c1-16(2,22(4,20)21)13-19-15(17-3)18-12-8-11-14-9-6-5-7-10-14;/h5-7,9-10H,8,11-13H2,1-4H3,(H2,17,18,19);1H. The lowest BCUT2D eigenvalue weighted by Gasteiger charge is -2.24. The molecule has 1 rings (SSSR count). The molecule has 0 amide bonds. The van der Waals surface area contributed by atoms with Gasteiger partial charge >= 0.3 is 0 Å². The second-order valence-corrected chi connectivity index (χ2v) is 8.62. The Morgan fingerprint density at radius 1 is 1.17 bits per heavy atom. The zero-order chi connectivity index (χ0) is 16.6. The van der Waals surface area contributed by atoms with E-state index in [1.807, 2.05) is 18.2 Å². The fourth-order valence-corrected chi connectivity index (χ4v) is 2.13. The lowest BCUT2D eigenvalue weighted by atomic mass is 10.1. The fraction of sp³-hybridized carbons (Fsp3) is 0.562. The van der Waals surface area contributed by atoms with Crippen molar-refractivity contribution in [3.63, 3.8) is 0 Å². The number of hydrogen-bond donors (Lipinski definition) is 2. The number of guanidine groups is 1. The van der Waals surface area contributed by atoms with Gasteiger partial charge in [-0.25, -0.2) is 8.42 Å². The molecule has 0 bridgehead atoms. The summed E-state index contributed by atoms with van der Waals surface area (Å²) in [5.41, 5.74) is 1.31. The molecular weight excluding hydrogens is 425 g/mol. The third kappa shape index (κ3) is 8.01. The van der Waals surface area contributed by atoms with Crippen molar-refractivity contribution in [2.45, 2.75) is 31.4 Å². The molecule has 0 atom stereocenters. The van der Waals surface area contributed by atoms with Crippen LogP contribution in [-0.4, -0.2) is 45.5 Å². The van der Waals surface area contributed by atoms with Gasteiger partial charge in [-0.3, -0.25) is 4.99 Å². The number of rotatable bonds is 7. The predicted octanol–water partition coefficient (Wildman–Crippen LogP) is 2.23. The molecule has 5 nitrogen and oxygen atoms in total. The Bertz CT molecular complexity index is 587. The van der Waals surface area contributed by atoms with Gasteiger partial charge in [-0.1, -0.05) is 30.3 Å². The van der Waals surface area contributed by atoms with E-state index in [-0.39, 0.29) is 24.0 Å². The molecule has 23 heavy (non-hydrogen) atoms. The second-order valence-electron chi connectivity index (χ2n) is 5.97. The summed E-state index contributed by atoms with van der Waals surface area (Å²) in [7, 11) is -1.43. The van der Waals surface area contributed by atoms with Crippen molar-refractivity contribution >= 4 is 39.8 Å². The maximum absolute atomic E-state index is 11.7.